The smallest absolute Gasteiger partial charge is 0.387 e. The lowest BCUT2D eigenvalue weighted by atomic mass is 10.0. The minimum absolute atomic E-state index is 0.00531. The van der Waals surface area contributed by atoms with E-state index in [0.29, 0.717) is 30.5 Å². The average Bonchev–Trinajstić information content (AvgIpc) is 3.28. The molecule has 2 rings (SSSR count). The second kappa shape index (κ2) is 15.6. The topological polar surface area (TPSA) is 94.5 Å². The van der Waals surface area contributed by atoms with Gasteiger partial charge in [-0.05, 0) is 39.1 Å². The highest BCUT2D eigenvalue weighted by molar-refractivity contribution is 5.93. The Hall–Kier alpha value is -3.67. The quantitative estimate of drug-likeness (QED) is 0.193. The molecule has 2 N–H and O–H groups in total. The highest BCUT2D eigenvalue weighted by Gasteiger charge is 2.26. The predicted octanol–water partition coefficient (Wildman–Crippen LogP) is 5.24. The Bertz CT molecular complexity index is 1100. The first kappa shape index (κ1) is 32.4. The van der Waals surface area contributed by atoms with E-state index in [1.54, 1.807) is 20.0 Å². The van der Waals surface area contributed by atoms with E-state index in [2.05, 4.69) is 27.0 Å². The number of amides is 1. The van der Waals surface area contributed by atoms with Crippen LogP contribution in [0, 0.1) is 5.92 Å². The predicted molar refractivity (Wildman–Crippen MR) is 138 cm³/mol. The second-order valence-electron chi connectivity index (χ2n) is 8.36. The number of rotatable bonds is 14. The molecule has 2 atom stereocenters. The first-order valence-corrected chi connectivity index (χ1v) is 11.5. The van der Waals surface area contributed by atoms with E-state index in [1.807, 2.05) is 0 Å². The standard InChI is InChI=1S/C25H31F3N4O4.CH3F/c1-16(13-25(3,28)14-17(2)35-5)32-21(18-7-6-8-20(11-18)36-24(26)27)12-22(31-32)30-23(34)19(9-10-33)15-29-4;1-2/h6-8,10-12,14,19,24,29H,1,9,13,15H2,2-5H3,(H,30,31,34);1H3/b17-14+;/t19-,25+;/m0./s1. The highest BCUT2D eigenvalue weighted by Crippen LogP contribution is 2.32. The normalized spacial score (nSPS) is 13.6. The molecular weight excluding hydrogens is 508 g/mol. The molecule has 0 saturated carbocycles. The molecule has 12 heteroatoms. The van der Waals surface area contributed by atoms with E-state index in [9.17, 15) is 22.8 Å². The van der Waals surface area contributed by atoms with E-state index in [1.165, 1.54) is 49.1 Å². The zero-order valence-electron chi connectivity index (χ0n) is 22.1. The summed E-state index contributed by atoms with van der Waals surface area (Å²) in [5.74, 6) is -0.664. The van der Waals surface area contributed by atoms with Crippen molar-refractivity contribution in [1.82, 2.24) is 15.1 Å². The van der Waals surface area contributed by atoms with Crippen molar-refractivity contribution in [2.24, 2.45) is 5.92 Å². The Balaban J connectivity index is 0.00000352. The van der Waals surface area contributed by atoms with E-state index >= 15 is 4.39 Å². The van der Waals surface area contributed by atoms with Crippen molar-refractivity contribution in [3.05, 3.63) is 48.7 Å². The number of methoxy groups -OCH3 is 1. The number of allylic oxidation sites excluding steroid dienone is 3. The van der Waals surface area contributed by atoms with Gasteiger partial charge in [-0.25, -0.2) is 9.07 Å². The summed E-state index contributed by atoms with van der Waals surface area (Å²) in [7, 11) is 3.59. The summed E-state index contributed by atoms with van der Waals surface area (Å²) >= 11 is 0. The van der Waals surface area contributed by atoms with Crippen molar-refractivity contribution >= 4 is 23.7 Å². The zero-order valence-corrected chi connectivity index (χ0v) is 22.1. The number of hydrogen-bond acceptors (Lipinski definition) is 6. The molecule has 0 radical (unpaired) electrons. The lowest BCUT2D eigenvalue weighted by molar-refractivity contribution is -0.122. The largest absolute Gasteiger partial charge is 0.502 e. The summed E-state index contributed by atoms with van der Waals surface area (Å²) in [6.07, 6.45) is 1.78. The minimum atomic E-state index is -3.01. The molecule has 1 aromatic heterocycles. The van der Waals surface area contributed by atoms with Crippen molar-refractivity contribution < 1.29 is 36.6 Å². The summed E-state index contributed by atoms with van der Waals surface area (Å²) < 4.78 is 61.1. The summed E-state index contributed by atoms with van der Waals surface area (Å²) in [5.41, 5.74) is -0.827. The molecule has 0 aliphatic carbocycles. The van der Waals surface area contributed by atoms with E-state index < -0.39 is 24.1 Å². The zero-order chi connectivity index (χ0) is 28.9. The molecule has 1 heterocycles. The molecule has 0 saturated heterocycles. The monoisotopic (exact) mass is 542 g/mol. The van der Waals surface area contributed by atoms with Gasteiger partial charge in [-0.3, -0.25) is 9.18 Å². The van der Waals surface area contributed by atoms with Gasteiger partial charge in [-0.15, -0.1) is 5.10 Å². The van der Waals surface area contributed by atoms with Crippen molar-refractivity contribution in [1.29, 1.82) is 0 Å². The Morgan fingerprint density at radius 1 is 1.29 bits per heavy atom. The van der Waals surface area contributed by atoms with Gasteiger partial charge in [0, 0.05) is 36.7 Å². The van der Waals surface area contributed by atoms with Crippen LogP contribution >= 0.6 is 0 Å². The van der Waals surface area contributed by atoms with Crippen molar-refractivity contribution in [2.45, 2.75) is 39.0 Å². The molecule has 0 spiro atoms. The number of alkyl halides is 4. The number of nitrogens with zero attached hydrogens (tertiary/aromatic N) is 2. The Morgan fingerprint density at radius 2 is 1.97 bits per heavy atom. The third-order valence-electron chi connectivity index (χ3n) is 5.19. The molecule has 0 aliphatic heterocycles. The number of benzene rings is 1. The second-order valence-corrected chi connectivity index (χ2v) is 8.36. The molecule has 1 aromatic carbocycles. The Morgan fingerprint density at radius 3 is 2.55 bits per heavy atom. The van der Waals surface area contributed by atoms with E-state index in [0.717, 1.165) is 0 Å². The van der Waals surface area contributed by atoms with Gasteiger partial charge >= 0.3 is 6.61 Å². The minimum Gasteiger partial charge on any atom is -0.502 e. The van der Waals surface area contributed by atoms with Crippen LogP contribution in [0.5, 0.6) is 5.75 Å². The summed E-state index contributed by atoms with van der Waals surface area (Å²) in [6, 6.07) is 7.39. The van der Waals surface area contributed by atoms with Crippen LogP contribution < -0.4 is 15.4 Å². The Kier molecular flexibility index (Phi) is 13.2. The molecule has 1 amide bonds. The van der Waals surface area contributed by atoms with Gasteiger partial charge in [0.2, 0.25) is 5.91 Å². The summed E-state index contributed by atoms with van der Waals surface area (Å²) in [4.78, 5) is 23.7. The fraction of sp³-hybridized carbons (Fsp3) is 0.423. The lowest BCUT2D eigenvalue weighted by Gasteiger charge is -2.20. The van der Waals surface area contributed by atoms with Crippen molar-refractivity contribution in [3.8, 4) is 17.0 Å². The Labute approximate surface area is 219 Å². The number of aldehydes is 1. The van der Waals surface area contributed by atoms with Crippen molar-refractivity contribution in [2.75, 3.05) is 33.2 Å². The number of halogens is 4. The number of nitrogens with one attached hydrogen (secondary N) is 2. The van der Waals surface area contributed by atoms with Gasteiger partial charge in [-0.2, -0.15) is 8.78 Å². The fourth-order valence-corrected chi connectivity index (χ4v) is 3.60. The van der Waals surface area contributed by atoms with E-state index in [-0.39, 0.29) is 36.7 Å². The number of aromatic nitrogens is 2. The number of anilines is 1. The van der Waals surface area contributed by atoms with Gasteiger partial charge in [0.1, 0.15) is 17.7 Å². The van der Waals surface area contributed by atoms with Gasteiger partial charge < -0.3 is 24.9 Å². The van der Waals surface area contributed by atoms with E-state index in [4.69, 9.17) is 4.74 Å². The van der Waals surface area contributed by atoms with Crippen LogP contribution in [0.15, 0.2) is 48.7 Å². The number of carbonyl (C=O) groups is 2. The van der Waals surface area contributed by atoms with Gasteiger partial charge in [0.05, 0.1) is 31.7 Å². The molecule has 8 nitrogen and oxygen atoms in total. The first-order chi connectivity index (χ1) is 18.0. The molecule has 210 valence electrons. The highest BCUT2D eigenvalue weighted by atomic mass is 19.3. The fourth-order valence-electron chi connectivity index (χ4n) is 3.60. The average molecular weight is 543 g/mol. The van der Waals surface area contributed by atoms with Gasteiger partial charge in [-0.1, -0.05) is 18.7 Å². The molecule has 0 bridgehead atoms. The first-order valence-electron chi connectivity index (χ1n) is 11.5. The van der Waals surface area contributed by atoms with Crippen LogP contribution in [0.4, 0.5) is 23.4 Å². The SMILES string of the molecule is C=C(C[C@@](C)(F)/C=C(\C)OC)n1nc(NC(=O)[C@@H](CC=O)CNC)cc1-c1cccc(OC(F)F)c1.CF. The van der Waals surface area contributed by atoms with Crippen LogP contribution in [0.3, 0.4) is 0 Å². The third-order valence-corrected chi connectivity index (χ3v) is 5.19. The lowest BCUT2D eigenvalue weighted by Crippen LogP contribution is -2.31. The molecule has 0 fully saturated rings. The van der Waals surface area contributed by atoms with Gasteiger partial charge in [0.15, 0.2) is 5.82 Å². The molecule has 0 aliphatic rings. The molecule has 0 unspecified atom stereocenters. The maximum Gasteiger partial charge on any atom is 0.387 e. The molecule has 2 aromatic rings. The van der Waals surface area contributed by atoms with Crippen LogP contribution in [0.25, 0.3) is 17.0 Å². The summed E-state index contributed by atoms with van der Waals surface area (Å²) in [5, 5.41) is 9.89. The summed E-state index contributed by atoms with van der Waals surface area (Å²) in [6.45, 7) is 4.18. The van der Waals surface area contributed by atoms with Crippen LogP contribution in [-0.2, 0) is 14.3 Å². The number of carbonyl (C=O) groups excluding carboxylic acids is 2. The van der Waals surface area contributed by atoms with Crippen LogP contribution in [-0.4, -0.2) is 62.1 Å². The van der Waals surface area contributed by atoms with Crippen molar-refractivity contribution in [3.63, 3.8) is 0 Å². The van der Waals surface area contributed by atoms with Crippen LogP contribution in [0.2, 0.25) is 0 Å². The third kappa shape index (κ3) is 10.0. The number of hydrogen-bond donors (Lipinski definition) is 2. The molecule has 38 heavy (non-hydrogen) atoms. The van der Waals surface area contributed by atoms with Crippen LogP contribution in [0.1, 0.15) is 26.7 Å². The maximum absolute atomic E-state index is 15.2. The maximum atomic E-state index is 15.2. The molecular formula is C26H34F4N4O4. The number of ether oxygens (including phenoxy) is 2. The van der Waals surface area contributed by atoms with Gasteiger partial charge in [0.25, 0.3) is 0 Å².